The van der Waals surface area contributed by atoms with E-state index in [1.807, 2.05) is 0 Å². The van der Waals surface area contributed by atoms with Crippen LogP contribution in [0.15, 0.2) is 27.7 Å². The zero-order chi connectivity index (χ0) is 14.7. The lowest BCUT2D eigenvalue weighted by Gasteiger charge is -2.31. The first-order valence-corrected chi connectivity index (χ1v) is 8.14. The third-order valence-electron chi connectivity index (χ3n) is 3.89. The van der Waals surface area contributed by atoms with Crippen LogP contribution in [0, 0.1) is 0 Å². The number of hydrogen-bond donors (Lipinski definition) is 1. The van der Waals surface area contributed by atoms with Crippen LogP contribution in [0.4, 0.5) is 5.69 Å². The molecule has 0 spiro atoms. The normalized spacial score (nSPS) is 18.0. The van der Waals surface area contributed by atoms with Gasteiger partial charge in [-0.3, -0.25) is 4.99 Å². The maximum Gasteiger partial charge on any atom is 0.194 e. The van der Waals surface area contributed by atoms with E-state index in [1.165, 1.54) is 11.3 Å². The van der Waals surface area contributed by atoms with Gasteiger partial charge in [0.15, 0.2) is 5.96 Å². The summed E-state index contributed by atoms with van der Waals surface area (Å²) in [6.45, 7) is 6.18. The molecule has 1 saturated heterocycles. The van der Waals surface area contributed by atoms with E-state index in [0.29, 0.717) is 0 Å². The summed E-state index contributed by atoms with van der Waals surface area (Å²) in [5.74, 6) is 0.992. The summed E-state index contributed by atoms with van der Waals surface area (Å²) in [5.41, 5.74) is 2.57. The molecule has 1 fully saturated rings. The molecule has 0 aliphatic carbocycles. The van der Waals surface area contributed by atoms with Crippen molar-refractivity contribution in [1.29, 1.82) is 0 Å². The van der Waals surface area contributed by atoms with Gasteiger partial charge in [-0.2, -0.15) is 0 Å². The molecule has 0 amide bonds. The largest absolute Gasteiger partial charge is 0.378 e. The Labute approximate surface area is 157 Å². The van der Waals surface area contributed by atoms with Crippen molar-refractivity contribution in [3.05, 3.63) is 28.2 Å². The third kappa shape index (κ3) is 4.26. The second-order valence-corrected chi connectivity index (χ2v) is 6.27. The number of rotatable bonds is 3. The quantitative estimate of drug-likeness (QED) is 0.674. The monoisotopic (exact) mass is 480 g/mol. The highest BCUT2D eigenvalue weighted by atomic mass is 127. The van der Waals surface area contributed by atoms with Gasteiger partial charge in [-0.1, -0.05) is 22.0 Å². The molecule has 122 valence electrons. The number of morpholine rings is 1. The van der Waals surface area contributed by atoms with Gasteiger partial charge in [-0.15, -0.1) is 24.0 Å². The minimum absolute atomic E-state index is 0. The molecule has 2 aliphatic rings. The predicted molar refractivity (Wildman–Crippen MR) is 104 cm³/mol. The fourth-order valence-electron chi connectivity index (χ4n) is 2.68. The van der Waals surface area contributed by atoms with Crippen molar-refractivity contribution >= 4 is 51.6 Å². The van der Waals surface area contributed by atoms with Gasteiger partial charge in [-0.05, 0) is 17.7 Å². The van der Waals surface area contributed by atoms with E-state index in [4.69, 9.17) is 4.74 Å². The minimum Gasteiger partial charge on any atom is -0.378 e. The van der Waals surface area contributed by atoms with Gasteiger partial charge in [0.2, 0.25) is 0 Å². The van der Waals surface area contributed by atoms with Crippen molar-refractivity contribution in [3.8, 4) is 0 Å². The molecule has 0 saturated carbocycles. The van der Waals surface area contributed by atoms with Crippen LogP contribution in [0.25, 0.3) is 0 Å². The zero-order valence-corrected chi connectivity index (χ0v) is 16.6. The number of hydrogen-bond acceptors (Lipinski definition) is 5. The number of guanidine groups is 1. The van der Waals surface area contributed by atoms with Gasteiger partial charge in [0.1, 0.15) is 0 Å². The lowest BCUT2D eigenvalue weighted by molar-refractivity contribution is 0.122. The first kappa shape index (κ1) is 17.8. The van der Waals surface area contributed by atoms with E-state index in [-0.39, 0.29) is 24.0 Å². The van der Waals surface area contributed by atoms with Crippen LogP contribution < -0.4 is 10.2 Å². The van der Waals surface area contributed by atoms with Crippen molar-refractivity contribution < 1.29 is 4.74 Å². The SMILES string of the molecule is CN1CCN=C1NCc1ccc(Br)cc1N1CCOCC1.I. The lowest BCUT2D eigenvalue weighted by Crippen LogP contribution is -2.38. The number of benzene rings is 1. The fraction of sp³-hybridized carbons (Fsp3) is 0.533. The Morgan fingerprint density at radius 3 is 2.73 bits per heavy atom. The van der Waals surface area contributed by atoms with Crippen molar-refractivity contribution in [2.24, 2.45) is 4.99 Å². The van der Waals surface area contributed by atoms with E-state index < -0.39 is 0 Å². The van der Waals surface area contributed by atoms with Gasteiger partial charge < -0.3 is 19.9 Å². The smallest absolute Gasteiger partial charge is 0.194 e. The molecule has 0 atom stereocenters. The average Bonchev–Trinajstić information content (AvgIpc) is 2.92. The number of anilines is 1. The molecular formula is C15H22BrIN4O. The average molecular weight is 481 g/mol. The lowest BCUT2D eigenvalue weighted by atomic mass is 10.1. The van der Waals surface area contributed by atoms with Gasteiger partial charge in [0.25, 0.3) is 0 Å². The summed E-state index contributed by atoms with van der Waals surface area (Å²) in [7, 11) is 2.07. The Kier molecular flexibility index (Phi) is 6.76. The van der Waals surface area contributed by atoms with Gasteiger partial charge >= 0.3 is 0 Å². The van der Waals surface area contributed by atoms with E-state index in [2.05, 4.69) is 61.3 Å². The first-order chi connectivity index (χ1) is 10.2. The van der Waals surface area contributed by atoms with Crippen molar-refractivity contribution in [2.75, 3.05) is 51.3 Å². The highest BCUT2D eigenvalue weighted by Gasteiger charge is 2.17. The molecule has 1 aromatic rings. The van der Waals surface area contributed by atoms with Crippen molar-refractivity contribution in [3.63, 3.8) is 0 Å². The number of ether oxygens (including phenoxy) is 1. The molecule has 5 nitrogen and oxygen atoms in total. The second kappa shape index (κ2) is 8.35. The summed E-state index contributed by atoms with van der Waals surface area (Å²) in [5, 5.41) is 3.45. The Bertz CT molecular complexity index is 534. The topological polar surface area (TPSA) is 40.1 Å². The van der Waals surface area contributed by atoms with E-state index >= 15 is 0 Å². The van der Waals surface area contributed by atoms with Crippen molar-refractivity contribution in [1.82, 2.24) is 10.2 Å². The molecule has 0 bridgehead atoms. The number of aliphatic imine (C=N–C) groups is 1. The minimum atomic E-state index is 0. The number of nitrogens with zero attached hydrogens (tertiary/aromatic N) is 3. The summed E-state index contributed by atoms with van der Waals surface area (Å²) in [4.78, 5) is 9.03. The first-order valence-electron chi connectivity index (χ1n) is 7.34. The molecule has 7 heteroatoms. The predicted octanol–water partition coefficient (Wildman–Crippen LogP) is 2.29. The Morgan fingerprint density at radius 2 is 2.05 bits per heavy atom. The highest BCUT2D eigenvalue weighted by Crippen LogP contribution is 2.26. The third-order valence-corrected chi connectivity index (χ3v) is 4.39. The molecule has 0 aromatic heterocycles. The maximum absolute atomic E-state index is 5.45. The Balaban J connectivity index is 0.00000176. The Hall–Kier alpha value is -0.540. The Morgan fingerprint density at radius 1 is 1.27 bits per heavy atom. The number of halogens is 2. The van der Waals surface area contributed by atoms with Gasteiger partial charge in [-0.25, -0.2) is 0 Å². The standard InChI is InChI=1S/C15H21BrN4O.HI/c1-19-5-4-17-15(19)18-11-12-2-3-13(16)10-14(12)20-6-8-21-9-7-20;/h2-3,10H,4-9,11H2,1H3,(H,17,18);1H. The molecule has 0 unspecified atom stereocenters. The van der Waals surface area contributed by atoms with Crippen LogP contribution >= 0.6 is 39.9 Å². The summed E-state index contributed by atoms with van der Waals surface area (Å²) in [6.07, 6.45) is 0. The zero-order valence-electron chi connectivity index (χ0n) is 12.7. The molecule has 2 heterocycles. The van der Waals surface area contributed by atoms with Gasteiger partial charge in [0.05, 0.1) is 19.8 Å². The highest BCUT2D eigenvalue weighted by molar-refractivity contribution is 14.0. The van der Waals surface area contributed by atoms with E-state index in [0.717, 1.165) is 56.4 Å². The maximum atomic E-state index is 5.45. The van der Waals surface area contributed by atoms with Crippen LogP contribution in [-0.2, 0) is 11.3 Å². The number of nitrogens with one attached hydrogen (secondary N) is 1. The molecule has 2 aliphatic heterocycles. The molecule has 22 heavy (non-hydrogen) atoms. The molecule has 0 radical (unpaired) electrons. The van der Waals surface area contributed by atoms with Gasteiger partial charge in [0, 0.05) is 43.4 Å². The molecular weight excluding hydrogens is 459 g/mol. The summed E-state index contributed by atoms with van der Waals surface area (Å²) < 4.78 is 6.57. The van der Waals surface area contributed by atoms with Crippen LogP contribution in [0.3, 0.4) is 0 Å². The number of likely N-dealkylation sites (N-methyl/N-ethyl adjacent to an activating group) is 1. The molecule has 1 N–H and O–H groups in total. The molecule has 3 rings (SSSR count). The van der Waals surface area contributed by atoms with Crippen LogP contribution in [0.1, 0.15) is 5.56 Å². The van der Waals surface area contributed by atoms with E-state index in [9.17, 15) is 0 Å². The summed E-state index contributed by atoms with van der Waals surface area (Å²) in [6, 6.07) is 6.47. The van der Waals surface area contributed by atoms with E-state index in [1.54, 1.807) is 0 Å². The fourth-order valence-corrected chi connectivity index (χ4v) is 3.03. The van der Waals surface area contributed by atoms with Crippen LogP contribution in [0.5, 0.6) is 0 Å². The van der Waals surface area contributed by atoms with Crippen molar-refractivity contribution in [2.45, 2.75) is 6.54 Å². The van der Waals surface area contributed by atoms with Crippen LogP contribution in [-0.4, -0.2) is 57.3 Å². The second-order valence-electron chi connectivity index (χ2n) is 5.35. The van der Waals surface area contributed by atoms with Crippen LogP contribution in [0.2, 0.25) is 0 Å². The summed E-state index contributed by atoms with van der Waals surface area (Å²) >= 11 is 3.58. The molecule has 1 aromatic carbocycles.